The Hall–Kier alpha value is -1.73. The normalized spacial score (nSPS) is 19.7. The van der Waals surface area contributed by atoms with Gasteiger partial charge in [0, 0.05) is 37.4 Å². The number of ether oxygens (including phenoxy) is 1. The van der Waals surface area contributed by atoms with E-state index in [0.717, 1.165) is 43.5 Å². The molecule has 7 nitrogen and oxygen atoms in total. The van der Waals surface area contributed by atoms with Gasteiger partial charge in [0.2, 0.25) is 0 Å². The van der Waals surface area contributed by atoms with Crippen LogP contribution in [0.5, 0.6) is 0 Å². The molecule has 1 fully saturated rings. The Kier molecular flexibility index (Phi) is 4.26. The summed E-state index contributed by atoms with van der Waals surface area (Å²) in [5.41, 5.74) is 3.71. The van der Waals surface area contributed by atoms with E-state index in [4.69, 9.17) is 4.74 Å². The predicted molar refractivity (Wildman–Crippen MR) is 82.5 cm³/mol. The zero-order valence-electron chi connectivity index (χ0n) is 13.8. The van der Waals surface area contributed by atoms with E-state index in [2.05, 4.69) is 50.6 Å². The molecule has 1 atom stereocenters. The Bertz CT molecular complexity index is 646. The maximum Gasteiger partial charge on any atom is 0.180 e. The van der Waals surface area contributed by atoms with Crippen molar-refractivity contribution in [2.45, 2.75) is 46.9 Å². The molecule has 0 aromatic carbocycles. The summed E-state index contributed by atoms with van der Waals surface area (Å²) in [6, 6.07) is 0. The van der Waals surface area contributed by atoms with Gasteiger partial charge in [-0.3, -0.25) is 14.7 Å². The lowest BCUT2D eigenvalue weighted by atomic mass is 10.1. The fraction of sp³-hybridized carbons (Fsp3) is 0.667. The molecule has 3 rings (SSSR count). The van der Waals surface area contributed by atoms with Gasteiger partial charge in [0.25, 0.3) is 0 Å². The van der Waals surface area contributed by atoms with E-state index in [1.54, 1.807) is 0 Å². The molecule has 1 unspecified atom stereocenters. The van der Waals surface area contributed by atoms with Crippen LogP contribution >= 0.6 is 0 Å². The van der Waals surface area contributed by atoms with Gasteiger partial charge in [-0.1, -0.05) is 0 Å². The summed E-state index contributed by atoms with van der Waals surface area (Å²) in [5, 5.41) is 11.7. The van der Waals surface area contributed by atoms with Gasteiger partial charge in [0.15, 0.2) is 5.82 Å². The largest absolute Gasteiger partial charge is 0.367 e. The third kappa shape index (κ3) is 2.91. The van der Waals surface area contributed by atoms with Crippen LogP contribution in [0, 0.1) is 20.8 Å². The molecule has 2 aromatic rings. The zero-order valence-corrected chi connectivity index (χ0v) is 13.8. The van der Waals surface area contributed by atoms with E-state index in [0.29, 0.717) is 6.61 Å². The van der Waals surface area contributed by atoms with Crippen molar-refractivity contribution in [3.63, 3.8) is 0 Å². The number of nitrogens with zero attached hydrogens (tertiary/aromatic N) is 5. The molecule has 22 heavy (non-hydrogen) atoms. The summed E-state index contributed by atoms with van der Waals surface area (Å²) in [6.45, 7) is 12.5. The molecule has 0 amide bonds. The van der Waals surface area contributed by atoms with Gasteiger partial charge < -0.3 is 4.74 Å². The van der Waals surface area contributed by atoms with E-state index in [1.165, 1.54) is 11.3 Å². The maximum atomic E-state index is 5.82. The highest BCUT2D eigenvalue weighted by atomic mass is 16.5. The summed E-state index contributed by atoms with van der Waals surface area (Å²) in [6.07, 6.45) is -0.0551. The van der Waals surface area contributed by atoms with E-state index < -0.39 is 0 Å². The molecule has 0 bridgehead atoms. The first-order chi connectivity index (χ1) is 10.6. The second-order valence-electron chi connectivity index (χ2n) is 5.84. The lowest BCUT2D eigenvalue weighted by Crippen LogP contribution is -2.38. The van der Waals surface area contributed by atoms with Crippen molar-refractivity contribution in [1.29, 1.82) is 0 Å². The van der Waals surface area contributed by atoms with Crippen LogP contribution in [0.2, 0.25) is 0 Å². The molecule has 0 radical (unpaired) electrons. The lowest BCUT2D eigenvalue weighted by Gasteiger charge is -2.31. The number of aromatic nitrogens is 5. The van der Waals surface area contributed by atoms with Gasteiger partial charge in [-0.15, -0.1) is 0 Å². The van der Waals surface area contributed by atoms with Crippen LogP contribution in [-0.2, 0) is 17.8 Å². The number of aryl methyl sites for hydroxylation is 3. The quantitative estimate of drug-likeness (QED) is 0.927. The molecule has 0 spiro atoms. The van der Waals surface area contributed by atoms with E-state index in [-0.39, 0.29) is 6.10 Å². The number of H-pyrrole nitrogens is 1. The molecule has 120 valence electrons. The Balaban J connectivity index is 1.72. The van der Waals surface area contributed by atoms with E-state index >= 15 is 0 Å². The second kappa shape index (κ2) is 6.18. The van der Waals surface area contributed by atoms with Crippen LogP contribution < -0.4 is 0 Å². The minimum absolute atomic E-state index is 0.0551. The Morgan fingerprint density at radius 1 is 1.32 bits per heavy atom. The molecule has 1 aliphatic heterocycles. The Morgan fingerprint density at radius 2 is 2.14 bits per heavy atom. The monoisotopic (exact) mass is 304 g/mol. The zero-order chi connectivity index (χ0) is 15.7. The molecule has 0 aliphatic carbocycles. The fourth-order valence-electron chi connectivity index (χ4n) is 3.00. The van der Waals surface area contributed by atoms with Crippen molar-refractivity contribution in [3.8, 4) is 0 Å². The molecule has 3 heterocycles. The van der Waals surface area contributed by atoms with Crippen LogP contribution in [0.1, 0.15) is 41.6 Å². The van der Waals surface area contributed by atoms with Crippen LogP contribution in [0.3, 0.4) is 0 Å². The van der Waals surface area contributed by atoms with Crippen molar-refractivity contribution in [1.82, 2.24) is 29.9 Å². The number of rotatable bonds is 4. The average molecular weight is 304 g/mol. The molecule has 7 heteroatoms. The Morgan fingerprint density at radius 3 is 2.77 bits per heavy atom. The minimum atomic E-state index is -0.0551. The molecule has 2 aromatic heterocycles. The summed E-state index contributed by atoms with van der Waals surface area (Å²) < 4.78 is 7.90. The van der Waals surface area contributed by atoms with Gasteiger partial charge in [-0.2, -0.15) is 10.2 Å². The highest BCUT2D eigenvalue weighted by Crippen LogP contribution is 2.22. The molecular weight excluding hydrogens is 280 g/mol. The first-order valence-electron chi connectivity index (χ1n) is 7.84. The predicted octanol–water partition coefficient (Wildman–Crippen LogP) is 1.52. The fourth-order valence-corrected chi connectivity index (χ4v) is 3.00. The van der Waals surface area contributed by atoms with Crippen molar-refractivity contribution in [2.24, 2.45) is 0 Å². The van der Waals surface area contributed by atoms with Gasteiger partial charge in [-0.05, 0) is 27.7 Å². The smallest absolute Gasteiger partial charge is 0.180 e. The second-order valence-corrected chi connectivity index (χ2v) is 5.84. The van der Waals surface area contributed by atoms with Crippen molar-refractivity contribution in [3.05, 3.63) is 28.6 Å². The highest BCUT2D eigenvalue weighted by Gasteiger charge is 2.26. The van der Waals surface area contributed by atoms with Crippen molar-refractivity contribution >= 4 is 0 Å². The first kappa shape index (κ1) is 15.2. The average Bonchev–Trinajstić information content (AvgIpc) is 3.06. The number of hydrogen-bond donors (Lipinski definition) is 1. The van der Waals surface area contributed by atoms with E-state index in [1.807, 2.05) is 6.92 Å². The Labute approximate surface area is 130 Å². The third-order valence-electron chi connectivity index (χ3n) is 4.27. The minimum Gasteiger partial charge on any atom is -0.367 e. The summed E-state index contributed by atoms with van der Waals surface area (Å²) >= 11 is 0. The SMILES string of the molecule is CCn1nc(C)c(CN2CCOC(c3n[nH]c(C)n3)C2)c1C. The molecule has 0 saturated carbocycles. The summed E-state index contributed by atoms with van der Waals surface area (Å²) in [4.78, 5) is 6.79. The molecule has 1 aliphatic rings. The first-order valence-corrected chi connectivity index (χ1v) is 7.84. The van der Waals surface area contributed by atoms with Crippen LogP contribution in [0.15, 0.2) is 0 Å². The summed E-state index contributed by atoms with van der Waals surface area (Å²) in [7, 11) is 0. The van der Waals surface area contributed by atoms with Crippen LogP contribution in [0.4, 0.5) is 0 Å². The number of nitrogens with one attached hydrogen (secondary N) is 1. The van der Waals surface area contributed by atoms with Gasteiger partial charge in [0.1, 0.15) is 11.9 Å². The highest BCUT2D eigenvalue weighted by molar-refractivity contribution is 5.24. The van der Waals surface area contributed by atoms with Gasteiger partial charge in [-0.25, -0.2) is 4.98 Å². The molecule has 1 saturated heterocycles. The van der Waals surface area contributed by atoms with E-state index in [9.17, 15) is 0 Å². The van der Waals surface area contributed by atoms with Crippen LogP contribution in [0.25, 0.3) is 0 Å². The number of aromatic amines is 1. The number of morpholine rings is 1. The summed E-state index contributed by atoms with van der Waals surface area (Å²) in [5.74, 6) is 1.58. The van der Waals surface area contributed by atoms with Gasteiger partial charge >= 0.3 is 0 Å². The third-order valence-corrected chi connectivity index (χ3v) is 4.27. The number of hydrogen-bond acceptors (Lipinski definition) is 5. The van der Waals surface area contributed by atoms with Crippen molar-refractivity contribution < 1.29 is 4.74 Å². The standard InChI is InChI=1S/C15H24N6O/c1-5-21-11(3)13(10(2)19-21)8-20-6-7-22-14(9-20)15-16-12(4)17-18-15/h14H,5-9H2,1-4H3,(H,16,17,18). The van der Waals surface area contributed by atoms with Crippen LogP contribution in [-0.4, -0.2) is 49.6 Å². The molecular formula is C15H24N6O. The molecule has 1 N–H and O–H groups in total. The van der Waals surface area contributed by atoms with Gasteiger partial charge in [0.05, 0.1) is 12.3 Å². The topological polar surface area (TPSA) is 71.9 Å². The van der Waals surface area contributed by atoms with Crippen molar-refractivity contribution in [2.75, 3.05) is 19.7 Å². The lowest BCUT2D eigenvalue weighted by molar-refractivity contribution is -0.0371. The maximum absolute atomic E-state index is 5.82.